The van der Waals surface area contributed by atoms with Gasteiger partial charge in [0.1, 0.15) is 5.82 Å². The highest BCUT2D eigenvalue weighted by molar-refractivity contribution is 5.73. The molecule has 0 atom stereocenters. The number of aryl methyl sites for hydroxylation is 1. The Morgan fingerprint density at radius 3 is 2.86 bits per heavy atom. The van der Waals surface area contributed by atoms with Gasteiger partial charge in [0.15, 0.2) is 17.5 Å². The molecule has 29 heavy (non-hydrogen) atoms. The van der Waals surface area contributed by atoms with Crippen molar-refractivity contribution in [3.05, 3.63) is 46.4 Å². The van der Waals surface area contributed by atoms with Crippen LogP contribution in [0, 0.1) is 5.82 Å². The van der Waals surface area contributed by atoms with Gasteiger partial charge in [-0.3, -0.25) is 4.68 Å². The van der Waals surface area contributed by atoms with Crippen LogP contribution in [0.25, 0.3) is 17.8 Å². The summed E-state index contributed by atoms with van der Waals surface area (Å²) < 4.78 is 15.7. The minimum atomic E-state index is -0.622. The van der Waals surface area contributed by atoms with Gasteiger partial charge in [0.05, 0.1) is 5.35 Å². The fourth-order valence-corrected chi connectivity index (χ4v) is 3.26. The first-order valence-corrected chi connectivity index (χ1v) is 9.64. The lowest BCUT2D eigenvalue weighted by molar-refractivity contribution is 0.627. The normalized spacial score (nSPS) is 12.9. The number of allylic oxidation sites excluding steroid dienone is 2. The second-order valence-electron chi connectivity index (χ2n) is 7.19. The molecule has 0 spiro atoms. The Labute approximate surface area is 169 Å². The van der Waals surface area contributed by atoms with Crippen molar-refractivity contribution in [2.24, 2.45) is 12.8 Å². The minimum absolute atomic E-state index is 0.188. The van der Waals surface area contributed by atoms with Crippen LogP contribution in [-0.2, 0) is 7.05 Å². The number of hydrogen-bond acceptors (Lipinski definition) is 6. The number of nitrogen functional groups attached to an aromatic ring is 1. The van der Waals surface area contributed by atoms with Gasteiger partial charge in [-0.1, -0.05) is 26.0 Å². The number of nitrogens with one attached hydrogen (secondary N) is 1. The van der Waals surface area contributed by atoms with Gasteiger partial charge in [-0.15, -0.1) is 0 Å². The van der Waals surface area contributed by atoms with Crippen LogP contribution in [-0.4, -0.2) is 28.4 Å². The molecule has 0 bridgehead atoms. The summed E-state index contributed by atoms with van der Waals surface area (Å²) >= 11 is 0. The Kier molecular flexibility index (Phi) is 5.91. The van der Waals surface area contributed by atoms with E-state index >= 15 is 0 Å². The van der Waals surface area contributed by atoms with Crippen LogP contribution in [0.5, 0.6) is 0 Å². The van der Waals surface area contributed by atoms with Crippen molar-refractivity contribution in [2.75, 3.05) is 29.5 Å². The predicted octanol–water partition coefficient (Wildman–Crippen LogP) is 1.66. The van der Waals surface area contributed by atoms with Crippen molar-refractivity contribution >= 4 is 35.3 Å². The largest absolute Gasteiger partial charge is 0.399 e. The monoisotopic (exact) mass is 397 g/mol. The van der Waals surface area contributed by atoms with E-state index in [1.54, 1.807) is 0 Å². The third-order valence-electron chi connectivity index (χ3n) is 4.92. The molecule has 8 heteroatoms. The van der Waals surface area contributed by atoms with E-state index in [9.17, 15) is 4.39 Å². The molecule has 5 N–H and O–H groups in total. The minimum Gasteiger partial charge on any atom is -0.399 e. The molecule has 1 aliphatic rings. The number of nitrogens with zero attached hydrogens (tertiary/aromatic N) is 4. The van der Waals surface area contributed by atoms with Gasteiger partial charge >= 0.3 is 0 Å². The highest BCUT2D eigenvalue weighted by Gasteiger charge is 2.14. The molecule has 0 fully saturated rings. The average Bonchev–Trinajstić information content (AvgIpc) is 2.85. The molecule has 2 aromatic heterocycles. The molecule has 1 aliphatic carbocycles. The van der Waals surface area contributed by atoms with Crippen LogP contribution < -0.4 is 32.3 Å². The molecule has 0 aromatic carbocycles. The van der Waals surface area contributed by atoms with Crippen LogP contribution in [0.4, 0.5) is 21.8 Å². The van der Waals surface area contributed by atoms with Crippen LogP contribution in [0.2, 0.25) is 0 Å². The van der Waals surface area contributed by atoms with Crippen molar-refractivity contribution in [3.63, 3.8) is 0 Å². The molecule has 0 saturated carbocycles. The van der Waals surface area contributed by atoms with Gasteiger partial charge in [0.2, 0.25) is 0 Å². The SMILES string of the molecule is C=C(N)c1cc(F)c(N)nc1NC1=CC=c2c(c(N(C)CCCC)nn2C)=CC1. The molecular formula is C21H28FN7. The first kappa shape index (κ1) is 20.4. The van der Waals surface area contributed by atoms with Gasteiger partial charge in [-0.05, 0) is 24.6 Å². The van der Waals surface area contributed by atoms with E-state index in [2.05, 4.69) is 46.9 Å². The van der Waals surface area contributed by atoms with Crippen LogP contribution >= 0.6 is 0 Å². The fraction of sp³-hybridized carbons (Fsp3) is 0.333. The van der Waals surface area contributed by atoms with Crippen molar-refractivity contribution in [3.8, 4) is 0 Å². The van der Waals surface area contributed by atoms with Gasteiger partial charge < -0.3 is 21.7 Å². The molecule has 2 aromatic rings. The average molecular weight is 398 g/mol. The lowest BCUT2D eigenvalue weighted by Gasteiger charge is -2.16. The molecule has 0 amide bonds. The molecule has 2 heterocycles. The van der Waals surface area contributed by atoms with E-state index in [1.165, 1.54) is 6.07 Å². The number of pyridine rings is 1. The lowest BCUT2D eigenvalue weighted by atomic mass is 10.2. The Morgan fingerprint density at radius 1 is 1.41 bits per heavy atom. The summed E-state index contributed by atoms with van der Waals surface area (Å²) in [7, 11) is 4.00. The molecule has 154 valence electrons. The van der Waals surface area contributed by atoms with E-state index < -0.39 is 5.82 Å². The summed E-state index contributed by atoms with van der Waals surface area (Å²) in [5.74, 6) is 0.534. The van der Waals surface area contributed by atoms with E-state index in [0.29, 0.717) is 17.8 Å². The number of unbranched alkanes of at least 4 members (excludes halogenated alkanes) is 1. The van der Waals surface area contributed by atoms with Crippen molar-refractivity contribution in [1.29, 1.82) is 0 Å². The third kappa shape index (κ3) is 4.26. The summed E-state index contributed by atoms with van der Waals surface area (Å²) in [6.45, 7) is 6.82. The molecule has 0 unspecified atom stereocenters. The van der Waals surface area contributed by atoms with Crippen molar-refractivity contribution in [1.82, 2.24) is 14.8 Å². The Morgan fingerprint density at radius 2 is 2.17 bits per heavy atom. The quantitative estimate of drug-likeness (QED) is 0.657. The van der Waals surface area contributed by atoms with E-state index in [1.807, 2.05) is 23.9 Å². The van der Waals surface area contributed by atoms with E-state index in [-0.39, 0.29) is 11.5 Å². The number of nitrogens with two attached hydrogens (primary N) is 2. The van der Waals surface area contributed by atoms with Crippen molar-refractivity contribution in [2.45, 2.75) is 26.2 Å². The number of aromatic nitrogens is 3. The maximum atomic E-state index is 13.8. The van der Waals surface area contributed by atoms with E-state index in [4.69, 9.17) is 11.5 Å². The lowest BCUT2D eigenvalue weighted by Crippen LogP contribution is -2.31. The van der Waals surface area contributed by atoms with E-state index in [0.717, 1.165) is 41.5 Å². The standard InChI is InChI=1S/C21H28FN7/c1-5-6-11-28(3)21-15-9-7-14(8-10-18(15)29(4)27-21)25-20-16(13(2)23)12-17(22)19(24)26-20/h8-10,12H,2,5-7,11,23H2,1,3-4H3,(H3,24,25,26). The summed E-state index contributed by atoms with van der Waals surface area (Å²) in [6.07, 6.45) is 8.97. The van der Waals surface area contributed by atoms with Crippen LogP contribution in [0.1, 0.15) is 31.7 Å². The topological polar surface area (TPSA) is 98.0 Å². The predicted molar refractivity (Wildman–Crippen MR) is 118 cm³/mol. The molecule has 0 saturated heterocycles. The number of anilines is 3. The number of hydrogen-bond donors (Lipinski definition) is 3. The second kappa shape index (κ2) is 8.38. The smallest absolute Gasteiger partial charge is 0.166 e. The fourth-order valence-electron chi connectivity index (χ4n) is 3.26. The van der Waals surface area contributed by atoms with Crippen molar-refractivity contribution < 1.29 is 4.39 Å². The van der Waals surface area contributed by atoms with Gasteiger partial charge in [-0.25, -0.2) is 9.37 Å². The van der Waals surface area contributed by atoms with Gasteiger partial charge in [-0.2, -0.15) is 5.10 Å². The summed E-state index contributed by atoms with van der Waals surface area (Å²) in [6, 6.07) is 1.25. The Balaban J connectivity index is 1.93. The Hall–Kier alpha value is -3.29. The maximum Gasteiger partial charge on any atom is 0.166 e. The third-order valence-corrected chi connectivity index (χ3v) is 4.92. The zero-order chi connectivity index (χ0) is 21.1. The summed E-state index contributed by atoms with van der Waals surface area (Å²) in [4.78, 5) is 6.29. The number of halogens is 1. The first-order valence-electron chi connectivity index (χ1n) is 9.64. The highest BCUT2D eigenvalue weighted by Crippen LogP contribution is 2.24. The number of fused-ring (bicyclic) bond motifs is 1. The zero-order valence-corrected chi connectivity index (χ0v) is 17.2. The maximum absolute atomic E-state index is 13.8. The van der Waals surface area contributed by atoms with Crippen LogP contribution in [0.15, 0.2) is 24.4 Å². The first-order chi connectivity index (χ1) is 13.8. The molecule has 0 radical (unpaired) electrons. The summed E-state index contributed by atoms with van der Waals surface area (Å²) in [5, 5.41) is 10.0. The second-order valence-corrected chi connectivity index (χ2v) is 7.19. The highest BCUT2D eigenvalue weighted by atomic mass is 19.1. The van der Waals surface area contributed by atoms with Gasteiger partial charge in [0, 0.05) is 49.2 Å². The zero-order valence-electron chi connectivity index (χ0n) is 17.2. The number of rotatable bonds is 7. The summed E-state index contributed by atoms with van der Waals surface area (Å²) in [5.41, 5.74) is 12.9. The Bertz CT molecular complexity index is 1080. The molecule has 3 rings (SSSR count). The molecule has 7 nitrogen and oxygen atoms in total. The van der Waals surface area contributed by atoms with Gasteiger partial charge in [0.25, 0.3) is 0 Å². The molecular weight excluding hydrogens is 369 g/mol. The van der Waals surface area contributed by atoms with Crippen LogP contribution in [0.3, 0.4) is 0 Å². The molecule has 0 aliphatic heterocycles.